The summed E-state index contributed by atoms with van der Waals surface area (Å²) in [7, 11) is 0. The molecule has 1 saturated heterocycles. The number of hydrogen-bond acceptors (Lipinski definition) is 3. The van der Waals surface area contributed by atoms with Gasteiger partial charge < -0.3 is 10.1 Å². The molecular formula is C23H22ClFN2O. The molecule has 1 aliphatic rings. The predicted molar refractivity (Wildman–Crippen MR) is 109 cm³/mol. The third-order valence-electron chi connectivity index (χ3n) is 5.10. The molecule has 0 amide bonds. The van der Waals surface area contributed by atoms with Crippen molar-refractivity contribution in [1.29, 1.82) is 0 Å². The van der Waals surface area contributed by atoms with E-state index in [-0.39, 0.29) is 17.8 Å². The number of aromatic nitrogens is 1. The maximum Gasteiger partial charge on any atom is 0.141 e. The molecule has 144 valence electrons. The molecule has 0 unspecified atom stereocenters. The summed E-state index contributed by atoms with van der Waals surface area (Å²) < 4.78 is 20.3. The fourth-order valence-corrected chi connectivity index (χ4v) is 3.90. The zero-order valence-electron chi connectivity index (χ0n) is 15.4. The molecule has 0 aliphatic carbocycles. The molecule has 0 radical (unpaired) electrons. The fourth-order valence-electron chi connectivity index (χ4n) is 3.71. The van der Waals surface area contributed by atoms with Crippen molar-refractivity contribution in [2.75, 3.05) is 13.1 Å². The van der Waals surface area contributed by atoms with Gasteiger partial charge >= 0.3 is 0 Å². The Morgan fingerprint density at radius 1 is 1.14 bits per heavy atom. The smallest absolute Gasteiger partial charge is 0.141 e. The van der Waals surface area contributed by atoms with Crippen LogP contribution in [0, 0.1) is 11.7 Å². The first-order valence-corrected chi connectivity index (χ1v) is 9.87. The van der Waals surface area contributed by atoms with Crippen LogP contribution in [0.3, 0.4) is 0 Å². The molecule has 1 fully saturated rings. The largest absolute Gasteiger partial charge is 0.485 e. The van der Waals surface area contributed by atoms with Crippen molar-refractivity contribution in [1.82, 2.24) is 10.3 Å². The van der Waals surface area contributed by atoms with E-state index in [1.165, 1.54) is 17.8 Å². The lowest BCUT2D eigenvalue weighted by Gasteiger charge is -2.26. The zero-order chi connectivity index (χ0) is 19.3. The van der Waals surface area contributed by atoms with E-state index >= 15 is 0 Å². The van der Waals surface area contributed by atoms with Crippen LogP contribution in [0.4, 0.5) is 4.39 Å². The summed E-state index contributed by atoms with van der Waals surface area (Å²) in [5, 5.41) is 4.04. The predicted octanol–water partition coefficient (Wildman–Crippen LogP) is 5.19. The second-order valence-corrected chi connectivity index (χ2v) is 7.58. The Balaban J connectivity index is 1.66. The van der Waals surface area contributed by atoms with Crippen LogP contribution in [0.2, 0.25) is 5.02 Å². The SMILES string of the molecule is Fc1cncc([C@@H](Oc2ccc(Cl)cc2Cc2ccccc2)[C@@H]2CCNC2)c1. The topological polar surface area (TPSA) is 34.1 Å². The molecule has 1 aliphatic heterocycles. The third-order valence-corrected chi connectivity index (χ3v) is 5.33. The van der Waals surface area contributed by atoms with Gasteiger partial charge in [0.2, 0.25) is 0 Å². The van der Waals surface area contributed by atoms with Gasteiger partial charge in [0.25, 0.3) is 0 Å². The van der Waals surface area contributed by atoms with E-state index in [9.17, 15) is 4.39 Å². The van der Waals surface area contributed by atoms with Crippen molar-refractivity contribution in [2.24, 2.45) is 5.92 Å². The number of rotatable bonds is 6. The molecule has 28 heavy (non-hydrogen) atoms. The highest BCUT2D eigenvalue weighted by atomic mass is 35.5. The first-order valence-electron chi connectivity index (χ1n) is 9.49. The molecular weight excluding hydrogens is 375 g/mol. The summed E-state index contributed by atoms with van der Waals surface area (Å²) in [5.41, 5.74) is 2.95. The second-order valence-electron chi connectivity index (χ2n) is 7.14. The maximum absolute atomic E-state index is 13.8. The van der Waals surface area contributed by atoms with Crippen LogP contribution in [0.1, 0.15) is 29.2 Å². The van der Waals surface area contributed by atoms with Gasteiger partial charge in [0.05, 0.1) is 6.20 Å². The first-order chi connectivity index (χ1) is 13.7. The van der Waals surface area contributed by atoms with Gasteiger partial charge in [0.1, 0.15) is 17.7 Å². The van der Waals surface area contributed by atoms with E-state index in [4.69, 9.17) is 16.3 Å². The summed E-state index contributed by atoms with van der Waals surface area (Å²) in [6.45, 7) is 1.77. The standard InChI is InChI=1S/C23H22ClFN2O/c24-20-6-7-22(18(11-20)10-16-4-2-1-3-5-16)28-23(17-8-9-26-13-17)19-12-21(25)15-27-14-19/h1-7,11-12,14-15,17,23,26H,8-10,13H2/t17-,23+/m1/s1. The normalized spacial score (nSPS) is 17.4. The van der Waals surface area contributed by atoms with Crippen molar-refractivity contribution in [3.8, 4) is 5.75 Å². The van der Waals surface area contributed by atoms with E-state index < -0.39 is 0 Å². The van der Waals surface area contributed by atoms with Gasteiger partial charge in [-0.25, -0.2) is 4.39 Å². The number of ether oxygens (including phenoxy) is 1. The van der Waals surface area contributed by atoms with E-state index in [1.54, 1.807) is 6.20 Å². The van der Waals surface area contributed by atoms with Crippen LogP contribution >= 0.6 is 11.6 Å². The fraction of sp³-hybridized carbons (Fsp3) is 0.261. The maximum atomic E-state index is 13.8. The third kappa shape index (κ3) is 4.51. The molecule has 0 saturated carbocycles. The summed E-state index contributed by atoms with van der Waals surface area (Å²) in [4.78, 5) is 4.03. The number of benzene rings is 2. The number of nitrogens with zero attached hydrogens (tertiary/aromatic N) is 1. The Morgan fingerprint density at radius 3 is 2.75 bits per heavy atom. The Kier molecular flexibility index (Phi) is 5.89. The average Bonchev–Trinajstić information content (AvgIpc) is 3.23. The highest BCUT2D eigenvalue weighted by molar-refractivity contribution is 6.30. The minimum absolute atomic E-state index is 0.254. The minimum atomic E-state index is -0.349. The molecule has 1 aromatic heterocycles. The molecule has 5 heteroatoms. The molecule has 3 aromatic rings. The molecule has 1 N–H and O–H groups in total. The Labute approximate surface area is 169 Å². The molecule has 4 rings (SSSR count). The summed E-state index contributed by atoms with van der Waals surface area (Å²) in [6.07, 6.45) is 4.33. The van der Waals surface area contributed by atoms with Crippen LogP contribution in [0.25, 0.3) is 0 Å². The van der Waals surface area contributed by atoms with Crippen molar-refractivity contribution in [3.63, 3.8) is 0 Å². The summed E-state index contributed by atoms with van der Waals surface area (Å²) in [5.74, 6) is 0.677. The molecule has 2 aromatic carbocycles. The number of hydrogen-bond donors (Lipinski definition) is 1. The van der Waals surface area contributed by atoms with E-state index in [1.807, 2.05) is 36.4 Å². The molecule has 0 bridgehead atoms. The average molecular weight is 397 g/mol. The van der Waals surface area contributed by atoms with Gasteiger partial charge in [0, 0.05) is 41.2 Å². The monoisotopic (exact) mass is 396 g/mol. The van der Waals surface area contributed by atoms with Crippen LogP contribution in [-0.4, -0.2) is 18.1 Å². The van der Waals surface area contributed by atoms with Crippen LogP contribution in [0.5, 0.6) is 5.75 Å². The molecule has 2 heterocycles. The first kappa shape index (κ1) is 18.9. The van der Waals surface area contributed by atoms with Gasteiger partial charge in [-0.05, 0) is 42.8 Å². The second kappa shape index (κ2) is 8.72. The van der Waals surface area contributed by atoms with Crippen LogP contribution in [0.15, 0.2) is 67.0 Å². The molecule has 0 spiro atoms. The Hall–Kier alpha value is -2.43. The highest BCUT2D eigenvalue weighted by Gasteiger charge is 2.29. The zero-order valence-corrected chi connectivity index (χ0v) is 16.2. The number of nitrogens with one attached hydrogen (secondary N) is 1. The minimum Gasteiger partial charge on any atom is -0.485 e. The van der Waals surface area contributed by atoms with Crippen molar-refractivity contribution in [2.45, 2.75) is 18.9 Å². The number of pyridine rings is 1. The quantitative estimate of drug-likeness (QED) is 0.622. The number of halogens is 2. The Bertz CT molecular complexity index is 929. The molecule has 2 atom stereocenters. The van der Waals surface area contributed by atoms with Gasteiger partial charge in [-0.2, -0.15) is 0 Å². The summed E-state index contributed by atoms with van der Waals surface area (Å²) >= 11 is 6.26. The van der Waals surface area contributed by atoms with Crippen molar-refractivity contribution < 1.29 is 9.13 Å². The van der Waals surface area contributed by atoms with Crippen LogP contribution < -0.4 is 10.1 Å². The van der Waals surface area contributed by atoms with Crippen molar-refractivity contribution in [3.05, 3.63) is 94.5 Å². The van der Waals surface area contributed by atoms with E-state index in [2.05, 4.69) is 22.4 Å². The summed E-state index contributed by atoms with van der Waals surface area (Å²) in [6, 6.07) is 17.4. The Morgan fingerprint density at radius 2 is 2.00 bits per heavy atom. The van der Waals surface area contributed by atoms with Crippen LogP contribution in [-0.2, 0) is 6.42 Å². The van der Waals surface area contributed by atoms with E-state index in [0.717, 1.165) is 36.4 Å². The van der Waals surface area contributed by atoms with E-state index in [0.29, 0.717) is 11.4 Å². The lowest BCUT2D eigenvalue weighted by molar-refractivity contribution is 0.142. The lowest BCUT2D eigenvalue weighted by Crippen LogP contribution is -2.22. The van der Waals surface area contributed by atoms with Gasteiger partial charge in [-0.15, -0.1) is 0 Å². The van der Waals surface area contributed by atoms with Gasteiger partial charge in [-0.1, -0.05) is 41.9 Å². The van der Waals surface area contributed by atoms with Crippen molar-refractivity contribution >= 4 is 11.6 Å². The lowest BCUT2D eigenvalue weighted by atomic mass is 9.95. The van der Waals surface area contributed by atoms with Gasteiger partial charge in [0.15, 0.2) is 0 Å². The molecule has 3 nitrogen and oxygen atoms in total. The highest BCUT2D eigenvalue weighted by Crippen LogP contribution is 2.35. The van der Waals surface area contributed by atoms with Gasteiger partial charge in [-0.3, -0.25) is 4.98 Å².